The van der Waals surface area contributed by atoms with Crippen molar-refractivity contribution in [3.63, 3.8) is 0 Å². The third kappa shape index (κ3) is 2.33. The van der Waals surface area contributed by atoms with Crippen LogP contribution < -0.4 is 0 Å². The summed E-state index contributed by atoms with van der Waals surface area (Å²) >= 11 is 0. The van der Waals surface area contributed by atoms with Crippen LogP contribution in [0.2, 0.25) is 0 Å². The zero-order chi connectivity index (χ0) is 16.7. The van der Waals surface area contributed by atoms with Gasteiger partial charge in [0, 0.05) is 18.1 Å². The van der Waals surface area contributed by atoms with Crippen molar-refractivity contribution >= 4 is 27.6 Å². The largest absolute Gasteiger partial charge is 0.478 e. The highest BCUT2D eigenvalue weighted by Gasteiger charge is 2.15. The Morgan fingerprint density at radius 2 is 1.79 bits per heavy atom. The van der Waals surface area contributed by atoms with Crippen LogP contribution in [0.5, 0.6) is 0 Å². The first-order chi connectivity index (χ1) is 11.6. The van der Waals surface area contributed by atoms with Crippen molar-refractivity contribution in [1.29, 1.82) is 0 Å². The molecule has 4 rings (SSSR count). The minimum Gasteiger partial charge on any atom is -0.478 e. The minimum absolute atomic E-state index is 0.109. The summed E-state index contributed by atoms with van der Waals surface area (Å²) < 4.78 is 15.8. The van der Waals surface area contributed by atoms with Crippen LogP contribution >= 0.6 is 0 Å². The highest BCUT2D eigenvalue weighted by atomic mass is 19.1. The number of aromatic carboxylic acids is 1. The number of carboxylic acid groups (broad SMARTS) is 1. The van der Waals surface area contributed by atoms with Gasteiger partial charge in [0.05, 0.1) is 11.1 Å². The summed E-state index contributed by atoms with van der Waals surface area (Å²) in [5, 5.41) is 12.0. The summed E-state index contributed by atoms with van der Waals surface area (Å²) in [5.74, 6) is -1.47. The molecule has 0 saturated heterocycles. The number of carbonyl (C=O) groups is 1. The molecule has 0 bridgehead atoms. The Hall–Kier alpha value is -3.14. The number of nitrogens with zero attached hydrogens (tertiary/aromatic N) is 1. The van der Waals surface area contributed by atoms with Gasteiger partial charge in [0.25, 0.3) is 0 Å². The van der Waals surface area contributed by atoms with E-state index in [9.17, 15) is 14.3 Å². The Kier molecular flexibility index (Phi) is 3.31. The molecule has 0 unspecified atom stereocenters. The van der Waals surface area contributed by atoms with E-state index in [0.29, 0.717) is 17.4 Å². The Labute approximate surface area is 137 Å². The van der Waals surface area contributed by atoms with E-state index in [-0.39, 0.29) is 5.56 Å². The Morgan fingerprint density at radius 1 is 1.00 bits per heavy atom. The van der Waals surface area contributed by atoms with Crippen LogP contribution in [0.4, 0.5) is 4.39 Å². The smallest absolute Gasteiger partial charge is 0.337 e. The van der Waals surface area contributed by atoms with E-state index in [2.05, 4.69) is 6.07 Å². The van der Waals surface area contributed by atoms with Crippen LogP contribution in [0.25, 0.3) is 21.7 Å². The molecule has 24 heavy (non-hydrogen) atoms. The first kappa shape index (κ1) is 14.5. The third-order valence-electron chi connectivity index (χ3n) is 4.27. The van der Waals surface area contributed by atoms with Gasteiger partial charge in [-0.05, 0) is 40.6 Å². The van der Waals surface area contributed by atoms with Gasteiger partial charge in [0.15, 0.2) is 0 Å². The molecule has 3 nitrogen and oxygen atoms in total. The molecule has 0 fully saturated rings. The van der Waals surface area contributed by atoms with Crippen molar-refractivity contribution in [2.75, 3.05) is 0 Å². The first-order valence-electron chi connectivity index (χ1n) is 7.62. The van der Waals surface area contributed by atoms with Crippen LogP contribution in [-0.4, -0.2) is 15.6 Å². The fraction of sp³-hybridized carbons (Fsp3) is 0.0500. The number of rotatable bonds is 3. The monoisotopic (exact) mass is 319 g/mol. The molecule has 0 atom stereocenters. The van der Waals surface area contributed by atoms with Crippen molar-refractivity contribution in [3.8, 4) is 0 Å². The van der Waals surface area contributed by atoms with Gasteiger partial charge >= 0.3 is 5.97 Å². The van der Waals surface area contributed by atoms with Gasteiger partial charge in [-0.1, -0.05) is 36.4 Å². The number of hydrogen-bond donors (Lipinski definition) is 1. The van der Waals surface area contributed by atoms with Crippen molar-refractivity contribution in [2.45, 2.75) is 6.54 Å². The predicted octanol–water partition coefficient (Wildman–Crippen LogP) is 4.68. The normalized spacial score (nSPS) is 11.2. The topological polar surface area (TPSA) is 42.2 Å². The van der Waals surface area contributed by atoms with Crippen LogP contribution in [0.15, 0.2) is 66.9 Å². The maximum Gasteiger partial charge on any atom is 0.337 e. The van der Waals surface area contributed by atoms with Crippen LogP contribution in [0.3, 0.4) is 0 Å². The maximum atomic E-state index is 14.0. The molecule has 118 valence electrons. The van der Waals surface area contributed by atoms with Crippen molar-refractivity contribution in [3.05, 3.63) is 83.8 Å². The van der Waals surface area contributed by atoms with Crippen molar-refractivity contribution < 1.29 is 14.3 Å². The quantitative estimate of drug-likeness (QED) is 0.596. The molecule has 0 saturated carbocycles. The van der Waals surface area contributed by atoms with Gasteiger partial charge in [-0.15, -0.1) is 0 Å². The third-order valence-corrected chi connectivity index (χ3v) is 4.27. The molecule has 1 N–H and O–H groups in total. The average Bonchev–Trinajstić information content (AvgIpc) is 2.99. The minimum atomic E-state index is -1.06. The number of benzene rings is 3. The van der Waals surface area contributed by atoms with E-state index < -0.39 is 11.8 Å². The number of hydrogen-bond acceptors (Lipinski definition) is 1. The van der Waals surface area contributed by atoms with Gasteiger partial charge in [-0.25, -0.2) is 9.18 Å². The molecule has 0 spiro atoms. The summed E-state index contributed by atoms with van der Waals surface area (Å²) in [6, 6.07) is 18.3. The number of fused-ring (bicyclic) bond motifs is 2. The van der Waals surface area contributed by atoms with E-state index in [1.165, 1.54) is 12.1 Å². The summed E-state index contributed by atoms with van der Waals surface area (Å²) in [6.45, 7) is 0.484. The average molecular weight is 319 g/mol. The lowest BCUT2D eigenvalue weighted by molar-refractivity contribution is 0.0698. The molecule has 0 amide bonds. The van der Waals surface area contributed by atoms with E-state index in [0.717, 1.165) is 16.3 Å². The zero-order valence-corrected chi connectivity index (χ0v) is 12.7. The van der Waals surface area contributed by atoms with Gasteiger partial charge in [0.1, 0.15) is 5.82 Å². The zero-order valence-electron chi connectivity index (χ0n) is 12.7. The Balaban J connectivity index is 1.84. The lowest BCUT2D eigenvalue weighted by atomic mass is 10.1. The van der Waals surface area contributed by atoms with E-state index >= 15 is 0 Å². The number of aromatic nitrogens is 1. The fourth-order valence-corrected chi connectivity index (χ4v) is 3.13. The van der Waals surface area contributed by atoms with E-state index in [1.807, 2.05) is 36.4 Å². The molecule has 4 heteroatoms. The summed E-state index contributed by atoms with van der Waals surface area (Å²) in [4.78, 5) is 11.5. The molecular formula is C20H14FNO2. The number of halogens is 1. The lowest BCUT2D eigenvalue weighted by Crippen LogP contribution is -2.04. The fourth-order valence-electron chi connectivity index (χ4n) is 3.13. The molecule has 0 aliphatic carbocycles. The molecule has 0 aliphatic rings. The van der Waals surface area contributed by atoms with Crippen LogP contribution in [0, 0.1) is 5.82 Å². The molecular weight excluding hydrogens is 305 g/mol. The van der Waals surface area contributed by atoms with E-state index in [4.69, 9.17) is 0 Å². The van der Waals surface area contributed by atoms with Gasteiger partial charge in [-0.2, -0.15) is 0 Å². The SMILES string of the molecule is O=C(O)c1ccc(F)c2ccn(Cc3ccc4ccccc4c3)c12. The summed E-state index contributed by atoms with van der Waals surface area (Å²) in [5.41, 5.74) is 1.56. The van der Waals surface area contributed by atoms with Gasteiger partial charge < -0.3 is 9.67 Å². The summed E-state index contributed by atoms with van der Waals surface area (Å²) in [7, 11) is 0. The second-order valence-electron chi connectivity index (χ2n) is 5.79. The first-order valence-corrected chi connectivity index (χ1v) is 7.62. The highest BCUT2D eigenvalue weighted by Crippen LogP contribution is 2.25. The van der Waals surface area contributed by atoms with Crippen LogP contribution in [0.1, 0.15) is 15.9 Å². The second kappa shape index (κ2) is 5.49. The standard InChI is InChI=1S/C20H14FNO2/c21-18-8-7-17(20(23)24)19-16(18)9-10-22(19)12-13-5-6-14-3-1-2-4-15(14)11-13/h1-11H,12H2,(H,23,24). The Morgan fingerprint density at radius 3 is 2.58 bits per heavy atom. The highest BCUT2D eigenvalue weighted by molar-refractivity contribution is 6.02. The molecule has 0 aliphatic heterocycles. The molecule has 0 radical (unpaired) electrons. The molecule has 3 aromatic carbocycles. The van der Waals surface area contributed by atoms with E-state index in [1.54, 1.807) is 16.8 Å². The summed E-state index contributed by atoms with van der Waals surface area (Å²) in [6.07, 6.45) is 1.73. The maximum absolute atomic E-state index is 14.0. The van der Waals surface area contributed by atoms with Gasteiger partial charge in [0.2, 0.25) is 0 Å². The Bertz CT molecular complexity index is 1080. The molecule has 1 heterocycles. The number of carboxylic acids is 1. The molecule has 4 aromatic rings. The van der Waals surface area contributed by atoms with Crippen LogP contribution in [-0.2, 0) is 6.54 Å². The predicted molar refractivity (Wildman–Crippen MR) is 91.9 cm³/mol. The second-order valence-corrected chi connectivity index (χ2v) is 5.79. The lowest BCUT2D eigenvalue weighted by Gasteiger charge is -2.09. The van der Waals surface area contributed by atoms with Gasteiger partial charge in [-0.3, -0.25) is 0 Å². The van der Waals surface area contributed by atoms with Crippen molar-refractivity contribution in [2.24, 2.45) is 0 Å². The molecule has 1 aromatic heterocycles. The van der Waals surface area contributed by atoms with Crippen molar-refractivity contribution in [1.82, 2.24) is 4.57 Å².